The van der Waals surface area contributed by atoms with Crippen molar-refractivity contribution in [3.05, 3.63) is 47.8 Å². The van der Waals surface area contributed by atoms with Crippen LogP contribution in [0.3, 0.4) is 0 Å². The lowest BCUT2D eigenvalue weighted by molar-refractivity contribution is -0.137. The van der Waals surface area contributed by atoms with Crippen LogP contribution in [0.4, 0.5) is 24.5 Å². The van der Waals surface area contributed by atoms with Gasteiger partial charge in [-0.1, -0.05) is 6.07 Å². The van der Waals surface area contributed by atoms with E-state index in [1.807, 2.05) is 13.0 Å². The van der Waals surface area contributed by atoms with Gasteiger partial charge in [-0.15, -0.1) is 0 Å². The molecule has 1 aromatic carbocycles. The molecule has 0 atom stereocenters. The van der Waals surface area contributed by atoms with Crippen LogP contribution in [0.1, 0.15) is 11.3 Å². The Kier molecular flexibility index (Phi) is 3.27. The van der Waals surface area contributed by atoms with Gasteiger partial charge in [0.05, 0.1) is 23.1 Å². The summed E-state index contributed by atoms with van der Waals surface area (Å²) in [5.41, 5.74) is 1.83. The number of aryl methyl sites for hydroxylation is 2. The highest BCUT2D eigenvalue weighted by atomic mass is 19.4. The van der Waals surface area contributed by atoms with E-state index in [1.165, 1.54) is 6.07 Å². The minimum atomic E-state index is -4.36. The van der Waals surface area contributed by atoms with E-state index in [-0.39, 0.29) is 0 Å². The number of fused-ring (bicyclic) bond motifs is 1. The first kappa shape index (κ1) is 14.4. The molecule has 0 spiro atoms. The summed E-state index contributed by atoms with van der Waals surface area (Å²) in [6.07, 6.45) is -2.79. The van der Waals surface area contributed by atoms with Gasteiger partial charge in [0.15, 0.2) is 5.65 Å². The number of pyridine rings is 1. The number of anilines is 2. The smallest absolute Gasteiger partial charge is 0.354 e. The van der Waals surface area contributed by atoms with Crippen molar-refractivity contribution in [2.75, 3.05) is 5.32 Å². The number of alkyl halides is 3. The van der Waals surface area contributed by atoms with Crippen LogP contribution in [0, 0.1) is 6.92 Å². The molecule has 4 nitrogen and oxygen atoms in total. The van der Waals surface area contributed by atoms with Crippen LogP contribution < -0.4 is 5.32 Å². The molecule has 0 fully saturated rings. The number of hydrogen-bond acceptors (Lipinski definition) is 3. The van der Waals surface area contributed by atoms with E-state index in [2.05, 4.69) is 15.4 Å². The van der Waals surface area contributed by atoms with Crippen LogP contribution >= 0.6 is 0 Å². The van der Waals surface area contributed by atoms with E-state index >= 15 is 0 Å². The Labute approximate surface area is 124 Å². The lowest BCUT2D eigenvalue weighted by atomic mass is 10.2. The molecule has 0 aliphatic heterocycles. The average Bonchev–Trinajstić information content (AvgIpc) is 2.73. The van der Waals surface area contributed by atoms with Crippen LogP contribution in [0.15, 0.2) is 36.5 Å². The van der Waals surface area contributed by atoms with E-state index < -0.39 is 11.7 Å². The number of halogens is 3. The zero-order valence-corrected chi connectivity index (χ0v) is 11.9. The third kappa shape index (κ3) is 2.61. The number of hydrogen-bond donors (Lipinski definition) is 1. The highest BCUT2D eigenvalue weighted by molar-refractivity contribution is 5.82. The monoisotopic (exact) mass is 306 g/mol. The van der Waals surface area contributed by atoms with Crippen molar-refractivity contribution in [2.45, 2.75) is 13.1 Å². The molecular formula is C15H13F3N4. The third-order valence-electron chi connectivity index (χ3n) is 3.34. The van der Waals surface area contributed by atoms with Crippen molar-refractivity contribution in [1.29, 1.82) is 0 Å². The normalized spacial score (nSPS) is 11.9. The summed E-state index contributed by atoms with van der Waals surface area (Å²) in [7, 11) is 1.79. The van der Waals surface area contributed by atoms with Crippen molar-refractivity contribution < 1.29 is 13.2 Å². The predicted octanol–water partition coefficient (Wildman–Crippen LogP) is 4.04. The molecule has 0 amide bonds. The molecule has 3 aromatic rings. The molecule has 0 saturated heterocycles. The standard InChI is InChI=1S/C15H13F3N4/c1-9-13-7-12(8-19-14(13)22(2)21-9)20-11-5-3-4-10(6-11)15(16,17)18/h3-8,20H,1-2H3. The van der Waals surface area contributed by atoms with Gasteiger partial charge >= 0.3 is 6.18 Å². The first-order valence-corrected chi connectivity index (χ1v) is 6.58. The summed E-state index contributed by atoms with van der Waals surface area (Å²) in [4.78, 5) is 4.28. The van der Waals surface area contributed by atoms with Crippen LogP contribution in [-0.4, -0.2) is 14.8 Å². The Morgan fingerprint density at radius 1 is 1.14 bits per heavy atom. The average molecular weight is 306 g/mol. The van der Waals surface area contributed by atoms with Crippen molar-refractivity contribution in [3.63, 3.8) is 0 Å². The summed E-state index contributed by atoms with van der Waals surface area (Å²) >= 11 is 0. The van der Waals surface area contributed by atoms with Gasteiger partial charge in [0.25, 0.3) is 0 Å². The first-order valence-electron chi connectivity index (χ1n) is 6.58. The summed E-state index contributed by atoms with van der Waals surface area (Å²) < 4.78 is 39.8. The largest absolute Gasteiger partial charge is 0.416 e. The van der Waals surface area contributed by atoms with Crippen LogP contribution in [0.5, 0.6) is 0 Å². The fraction of sp³-hybridized carbons (Fsp3) is 0.200. The Bertz CT molecular complexity index is 836. The van der Waals surface area contributed by atoms with Gasteiger partial charge in [-0.3, -0.25) is 4.68 Å². The first-order chi connectivity index (χ1) is 10.3. The van der Waals surface area contributed by atoms with E-state index in [0.29, 0.717) is 11.4 Å². The zero-order valence-electron chi connectivity index (χ0n) is 11.9. The van der Waals surface area contributed by atoms with Gasteiger partial charge in [-0.05, 0) is 31.2 Å². The maximum atomic E-state index is 12.7. The maximum Gasteiger partial charge on any atom is 0.416 e. The molecule has 7 heteroatoms. The van der Waals surface area contributed by atoms with Gasteiger partial charge in [-0.2, -0.15) is 18.3 Å². The molecule has 2 heterocycles. The molecule has 0 bridgehead atoms. The fourth-order valence-corrected chi connectivity index (χ4v) is 2.32. The molecular weight excluding hydrogens is 293 g/mol. The second kappa shape index (κ2) is 5.01. The number of nitrogens with one attached hydrogen (secondary N) is 1. The lowest BCUT2D eigenvalue weighted by Crippen LogP contribution is -2.05. The Morgan fingerprint density at radius 3 is 2.64 bits per heavy atom. The molecule has 3 rings (SSSR count). The van der Waals surface area contributed by atoms with E-state index in [0.717, 1.165) is 28.9 Å². The highest BCUT2D eigenvalue weighted by Gasteiger charge is 2.30. The van der Waals surface area contributed by atoms with E-state index in [1.54, 1.807) is 24.0 Å². The van der Waals surface area contributed by atoms with E-state index in [9.17, 15) is 13.2 Å². The van der Waals surface area contributed by atoms with Gasteiger partial charge in [-0.25, -0.2) is 4.98 Å². The molecule has 0 aliphatic carbocycles. The summed E-state index contributed by atoms with van der Waals surface area (Å²) in [6.45, 7) is 1.86. The minimum Gasteiger partial charge on any atom is -0.354 e. The summed E-state index contributed by atoms with van der Waals surface area (Å²) in [6, 6.07) is 6.88. The number of rotatable bonds is 2. The molecule has 1 N–H and O–H groups in total. The van der Waals surface area contributed by atoms with Gasteiger partial charge < -0.3 is 5.32 Å². The highest BCUT2D eigenvalue weighted by Crippen LogP contribution is 2.31. The molecule has 2 aromatic heterocycles. The topological polar surface area (TPSA) is 42.7 Å². The molecule has 0 saturated carbocycles. The van der Waals surface area contributed by atoms with Crippen molar-refractivity contribution in [2.24, 2.45) is 7.05 Å². The third-order valence-corrected chi connectivity index (χ3v) is 3.34. The zero-order chi connectivity index (χ0) is 15.9. The van der Waals surface area contributed by atoms with E-state index in [4.69, 9.17) is 0 Å². The fourth-order valence-electron chi connectivity index (χ4n) is 2.32. The van der Waals surface area contributed by atoms with Crippen LogP contribution in [0.2, 0.25) is 0 Å². The summed E-state index contributed by atoms with van der Waals surface area (Å²) in [5.74, 6) is 0. The summed E-state index contributed by atoms with van der Waals surface area (Å²) in [5, 5.41) is 8.07. The quantitative estimate of drug-likeness (QED) is 0.777. The predicted molar refractivity (Wildman–Crippen MR) is 78.0 cm³/mol. The van der Waals surface area contributed by atoms with Crippen molar-refractivity contribution in [1.82, 2.24) is 14.8 Å². The second-order valence-electron chi connectivity index (χ2n) is 5.01. The van der Waals surface area contributed by atoms with Crippen LogP contribution in [-0.2, 0) is 13.2 Å². The number of aromatic nitrogens is 3. The van der Waals surface area contributed by atoms with Crippen molar-refractivity contribution in [3.8, 4) is 0 Å². The lowest BCUT2D eigenvalue weighted by Gasteiger charge is -2.10. The second-order valence-corrected chi connectivity index (χ2v) is 5.01. The van der Waals surface area contributed by atoms with Gasteiger partial charge in [0.2, 0.25) is 0 Å². The molecule has 0 aliphatic rings. The molecule has 22 heavy (non-hydrogen) atoms. The minimum absolute atomic E-state index is 0.359. The molecule has 0 radical (unpaired) electrons. The SMILES string of the molecule is Cc1nn(C)c2ncc(Nc3cccc(C(F)(F)F)c3)cc12. The van der Waals surface area contributed by atoms with Crippen molar-refractivity contribution >= 4 is 22.4 Å². The van der Waals surface area contributed by atoms with Gasteiger partial charge in [0.1, 0.15) is 0 Å². The Balaban J connectivity index is 1.95. The maximum absolute atomic E-state index is 12.7. The Hall–Kier alpha value is -2.57. The molecule has 0 unspecified atom stereocenters. The number of nitrogens with zero attached hydrogens (tertiary/aromatic N) is 3. The Morgan fingerprint density at radius 2 is 1.91 bits per heavy atom. The molecule has 114 valence electrons. The van der Waals surface area contributed by atoms with Crippen LogP contribution in [0.25, 0.3) is 11.0 Å². The van der Waals surface area contributed by atoms with Gasteiger partial charge in [0, 0.05) is 18.1 Å². The number of benzene rings is 1.